The third kappa shape index (κ3) is 8.41. The van der Waals surface area contributed by atoms with Gasteiger partial charge in [0.15, 0.2) is 0 Å². The Bertz CT molecular complexity index is 4950. The zero-order valence-corrected chi connectivity index (χ0v) is 46.7. The average Bonchev–Trinajstić information content (AvgIpc) is 1.58. The first-order valence-corrected chi connectivity index (χ1v) is 29.4. The molecule has 15 aromatic rings. The molecule has 398 valence electrons. The molecule has 2 nitrogen and oxygen atoms in total. The highest BCUT2D eigenvalue weighted by atomic mass is 15.1. The summed E-state index contributed by atoms with van der Waals surface area (Å²) in [5.41, 5.74) is 25.3. The Kier molecular flexibility index (Phi) is 12.1. The van der Waals surface area contributed by atoms with Crippen molar-refractivity contribution in [1.29, 1.82) is 0 Å². The van der Waals surface area contributed by atoms with Crippen molar-refractivity contribution < 1.29 is 0 Å². The molecule has 1 aliphatic carbocycles. The molecule has 1 unspecified atom stereocenters. The van der Waals surface area contributed by atoms with Crippen molar-refractivity contribution in [2.24, 2.45) is 0 Å². The first-order valence-electron chi connectivity index (χ1n) is 29.4. The lowest BCUT2D eigenvalue weighted by molar-refractivity contribution is 0.769. The van der Waals surface area contributed by atoms with Gasteiger partial charge >= 0.3 is 0 Å². The monoisotopic (exact) mass is 1080 g/mol. The van der Waals surface area contributed by atoms with E-state index in [0.717, 1.165) is 39.4 Å². The minimum atomic E-state index is -0.651. The molecule has 14 aromatic carbocycles. The maximum atomic E-state index is 2.53. The lowest BCUT2D eigenvalue weighted by Crippen LogP contribution is -2.28. The lowest BCUT2D eigenvalue weighted by atomic mass is 9.67. The van der Waals surface area contributed by atoms with E-state index in [1.165, 1.54) is 105 Å². The van der Waals surface area contributed by atoms with E-state index in [1.54, 1.807) is 0 Å². The molecule has 0 radical (unpaired) electrons. The number of nitrogens with zero attached hydrogens (tertiary/aromatic N) is 2. The number of hydrogen-bond donors (Lipinski definition) is 0. The molecule has 1 aliphatic rings. The summed E-state index contributed by atoms with van der Waals surface area (Å²) in [6.45, 7) is 0. The molecule has 2 heteroatoms. The van der Waals surface area contributed by atoms with Gasteiger partial charge in [-0.1, -0.05) is 273 Å². The van der Waals surface area contributed by atoms with E-state index in [4.69, 9.17) is 0 Å². The van der Waals surface area contributed by atoms with Crippen molar-refractivity contribution in [1.82, 2.24) is 4.57 Å². The van der Waals surface area contributed by atoms with Crippen LogP contribution in [0.1, 0.15) is 22.3 Å². The predicted octanol–water partition coefficient (Wildman–Crippen LogP) is 22.1. The van der Waals surface area contributed by atoms with Crippen LogP contribution in [0.25, 0.3) is 105 Å². The van der Waals surface area contributed by atoms with Crippen molar-refractivity contribution in [2.75, 3.05) is 4.90 Å². The summed E-state index contributed by atoms with van der Waals surface area (Å²) in [5, 5.41) is 4.91. The number of benzene rings is 14. The fourth-order valence-electron chi connectivity index (χ4n) is 13.7. The van der Waals surface area contributed by atoms with Gasteiger partial charge in [-0.15, -0.1) is 0 Å². The van der Waals surface area contributed by atoms with Gasteiger partial charge in [0.25, 0.3) is 0 Å². The molecule has 1 atom stereocenters. The average molecular weight is 1080 g/mol. The van der Waals surface area contributed by atoms with Gasteiger partial charge in [0, 0.05) is 39.0 Å². The van der Waals surface area contributed by atoms with Crippen molar-refractivity contribution >= 4 is 49.6 Å². The Morgan fingerprint density at radius 2 is 0.776 bits per heavy atom. The van der Waals surface area contributed by atoms with Gasteiger partial charge in [0.05, 0.1) is 22.1 Å². The largest absolute Gasteiger partial charge is 0.310 e. The van der Waals surface area contributed by atoms with Crippen LogP contribution in [0, 0.1) is 0 Å². The van der Waals surface area contributed by atoms with E-state index in [-0.39, 0.29) is 0 Å². The lowest BCUT2D eigenvalue weighted by Gasteiger charge is -2.34. The van der Waals surface area contributed by atoms with Crippen molar-refractivity contribution in [3.63, 3.8) is 0 Å². The standard InChI is InChI=1S/C83H56N2/c1-5-20-57(21-6-1)61-38-43-68(44-39-61)83(69-31-19-30-65(55-69)58-22-7-2-8-23-58)77-34-17-15-33-75(77)81-78(83)52-51-74-73-32-16-18-35-79(73)85(82(74)81)72-49-47-71(48-50-72)84(70-45-40-62(41-46-70)66-37-36-60-26-13-14-29-64(60)54-66)80-53-42-67(59-24-9-3-10-25-59)56-76(80)63-27-11-4-12-28-63/h1-56H. The van der Waals surface area contributed by atoms with E-state index < -0.39 is 5.41 Å². The maximum Gasteiger partial charge on any atom is 0.0714 e. The van der Waals surface area contributed by atoms with E-state index in [1.807, 2.05) is 0 Å². The summed E-state index contributed by atoms with van der Waals surface area (Å²) >= 11 is 0. The van der Waals surface area contributed by atoms with Gasteiger partial charge in [0.1, 0.15) is 0 Å². The van der Waals surface area contributed by atoms with E-state index in [2.05, 4.69) is 349 Å². The Morgan fingerprint density at radius 3 is 1.48 bits per heavy atom. The second kappa shape index (κ2) is 20.7. The zero-order valence-electron chi connectivity index (χ0n) is 46.7. The molecule has 0 fully saturated rings. The molecule has 0 saturated heterocycles. The highest BCUT2D eigenvalue weighted by Gasteiger charge is 2.47. The Labute approximate surface area is 496 Å². The van der Waals surface area contributed by atoms with Crippen LogP contribution in [0.4, 0.5) is 17.1 Å². The number of para-hydroxylation sites is 1. The molecule has 1 aromatic heterocycles. The Morgan fingerprint density at radius 1 is 0.271 bits per heavy atom. The van der Waals surface area contributed by atoms with E-state index in [9.17, 15) is 0 Å². The second-order valence-corrected chi connectivity index (χ2v) is 22.3. The Balaban J connectivity index is 0.897. The first kappa shape index (κ1) is 49.7. The number of hydrogen-bond acceptors (Lipinski definition) is 1. The number of fused-ring (bicyclic) bond motifs is 8. The fourth-order valence-corrected chi connectivity index (χ4v) is 13.7. The quantitative estimate of drug-likeness (QED) is 0.125. The second-order valence-electron chi connectivity index (χ2n) is 22.3. The normalized spacial score (nSPS) is 13.5. The summed E-state index contributed by atoms with van der Waals surface area (Å²) in [6, 6.07) is 125. The molecule has 16 rings (SSSR count). The highest BCUT2D eigenvalue weighted by molar-refractivity contribution is 6.16. The molecule has 0 N–H and O–H groups in total. The third-order valence-corrected chi connectivity index (χ3v) is 17.7. The molecule has 0 spiro atoms. The van der Waals surface area contributed by atoms with Crippen LogP contribution in [-0.2, 0) is 5.41 Å². The summed E-state index contributed by atoms with van der Waals surface area (Å²) < 4.78 is 2.53. The first-order chi connectivity index (χ1) is 42.2. The zero-order chi connectivity index (χ0) is 56.3. The highest BCUT2D eigenvalue weighted by Crippen LogP contribution is 2.59. The van der Waals surface area contributed by atoms with Crippen LogP contribution in [-0.4, -0.2) is 4.57 Å². The van der Waals surface area contributed by atoms with Crippen molar-refractivity contribution in [3.05, 3.63) is 362 Å². The van der Waals surface area contributed by atoms with Gasteiger partial charge in [-0.25, -0.2) is 0 Å². The minimum Gasteiger partial charge on any atom is -0.310 e. The molecule has 0 aliphatic heterocycles. The minimum absolute atomic E-state index is 0.651. The van der Waals surface area contributed by atoms with Crippen LogP contribution >= 0.6 is 0 Å². The Hall–Kier alpha value is -11.1. The molecule has 1 heterocycles. The summed E-state index contributed by atoms with van der Waals surface area (Å²) in [6.07, 6.45) is 0. The van der Waals surface area contributed by atoms with Crippen LogP contribution in [0.3, 0.4) is 0 Å². The van der Waals surface area contributed by atoms with Crippen LogP contribution in [0.2, 0.25) is 0 Å². The molecular formula is C83H56N2. The van der Waals surface area contributed by atoms with Crippen LogP contribution in [0.15, 0.2) is 340 Å². The maximum absolute atomic E-state index is 2.53. The van der Waals surface area contributed by atoms with Gasteiger partial charge in [-0.3, -0.25) is 0 Å². The summed E-state index contributed by atoms with van der Waals surface area (Å²) in [5.74, 6) is 0. The van der Waals surface area contributed by atoms with Gasteiger partial charge in [-0.2, -0.15) is 0 Å². The number of anilines is 3. The van der Waals surface area contributed by atoms with E-state index in [0.29, 0.717) is 0 Å². The molecule has 0 amide bonds. The van der Waals surface area contributed by atoms with Crippen LogP contribution in [0.5, 0.6) is 0 Å². The molecule has 85 heavy (non-hydrogen) atoms. The van der Waals surface area contributed by atoms with Crippen molar-refractivity contribution in [3.8, 4) is 72.4 Å². The topological polar surface area (TPSA) is 8.17 Å². The van der Waals surface area contributed by atoms with E-state index >= 15 is 0 Å². The predicted molar refractivity (Wildman–Crippen MR) is 357 cm³/mol. The third-order valence-electron chi connectivity index (χ3n) is 17.7. The SMILES string of the molecule is c1ccc(-c2ccc(C3(c4cccc(-c5ccccc5)c4)c4ccccc4-c4c3ccc3c5ccccc5n(-c5ccc(N(c6ccc(-c7ccc8ccccc8c7)cc6)c6ccc(-c7ccccc7)cc6-c6ccccc6)cc5)c43)cc2)cc1. The summed E-state index contributed by atoms with van der Waals surface area (Å²) in [4.78, 5) is 2.44. The molecule has 0 saturated carbocycles. The van der Waals surface area contributed by atoms with Gasteiger partial charge in [-0.05, 0) is 155 Å². The smallest absolute Gasteiger partial charge is 0.0714 e. The molecular weight excluding hydrogens is 1020 g/mol. The summed E-state index contributed by atoms with van der Waals surface area (Å²) in [7, 11) is 0. The van der Waals surface area contributed by atoms with Crippen molar-refractivity contribution in [2.45, 2.75) is 5.41 Å². The molecule has 0 bridgehead atoms. The fraction of sp³-hybridized carbons (Fsp3) is 0.0120. The van der Waals surface area contributed by atoms with Crippen LogP contribution < -0.4 is 4.90 Å². The van der Waals surface area contributed by atoms with Gasteiger partial charge in [0.2, 0.25) is 0 Å². The van der Waals surface area contributed by atoms with Gasteiger partial charge < -0.3 is 9.47 Å². The number of aromatic nitrogens is 1. The number of rotatable bonds is 11.